The van der Waals surface area contributed by atoms with E-state index < -0.39 is 12.4 Å². The third-order valence-corrected chi connectivity index (χ3v) is 6.13. The van der Waals surface area contributed by atoms with Gasteiger partial charge < -0.3 is 34.1 Å². The van der Waals surface area contributed by atoms with Crippen LogP contribution in [0.5, 0.6) is 23.0 Å². The van der Waals surface area contributed by atoms with Crippen molar-refractivity contribution in [1.82, 2.24) is 5.32 Å². The summed E-state index contributed by atoms with van der Waals surface area (Å²) in [6.45, 7) is 5.00. The Bertz CT molecular complexity index is 1080. The van der Waals surface area contributed by atoms with E-state index in [-0.39, 0.29) is 5.91 Å². The topological polar surface area (TPSA) is 113 Å². The molecule has 1 aliphatic rings. The zero-order valence-electron chi connectivity index (χ0n) is 22.1. The maximum Gasteiger partial charge on any atom is 0.508 e. The van der Waals surface area contributed by atoms with Gasteiger partial charge in [0.05, 0.1) is 25.9 Å². The van der Waals surface area contributed by atoms with Crippen LogP contribution in [0.15, 0.2) is 24.3 Å². The summed E-state index contributed by atoms with van der Waals surface area (Å²) < 4.78 is 28.5. The van der Waals surface area contributed by atoms with Crippen molar-refractivity contribution in [2.75, 3.05) is 27.4 Å². The fourth-order valence-electron chi connectivity index (χ4n) is 4.48. The highest BCUT2D eigenvalue weighted by Crippen LogP contribution is 2.38. The molecular formula is C28H37NO8. The number of aryl methyl sites for hydroxylation is 1. The summed E-state index contributed by atoms with van der Waals surface area (Å²) in [4.78, 5) is 23.2. The number of carbonyl (C=O) groups is 2. The normalized spacial score (nSPS) is 14.2. The molecular weight excluding hydrogens is 478 g/mol. The molecule has 0 aromatic heterocycles. The molecule has 0 saturated carbocycles. The van der Waals surface area contributed by atoms with Gasteiger partial charge in [-0.25, -0.2) is 4.79 Å². The summed E-state index contributed by atoms with van der Waals surface area (Å²) in [7, 11) is 3.15. The minimum absolute atomic E-state index is 0.202. The van der Waals surface area contributed by atoms with Gasteiger partial charge in [0.25, 0.3) is 5.91 Å². The number of benzene rings is 2. The second-order valence-electron chi connectivity index (χ2n) is 8.75. The van der Waals surface area contributed by atoms with Crippen molar-refractivity contribution in [3.63, 3.8) is 0 Å². The van der Waals surface area contributed by atoms with Gasteiger partial charge in [-0.15, -0.1) is 0 Å². The Morgan fingerprint density at radius 2 is 1.68 bits per heavy atom. The number of carbonyl (C=O) groups excluding carboxylic acids is 1. The molecule has 0 saturated heterocycles. The van der Waals surface area contributed by atoms with Gasteiger partial charge in [0.2, 0.25) is 6.29 Å². The van der Waals surface area contributed by atoms with Crippen LogP contribution in [-0.4, -0.2) is 50.8 Å². The van der Waals surface area contributed by atoms with E-state index in [1.54, 1.807) is 20.2 Å². The summed E-state index contributed by atoms with van der Waals surface area (Å²) in [6.07, 6.45) is 2.88. The third kappa shape index (κ3) is 6.99. The molecule has 0 radical (unpaired) electrons. The molecule has 37 heavy (non-hydrogen) atoms. The summed E-state index contributed by atoms with van der Waals surface area (Å²) in [6, 6.07) is 7.45. The molecule has 202 valence electrons. The maximum absolute atomic E-state index is 12.2. The zero-order chi connectivity index (χ0) is 26.8. The van der Waals surface area contributed by atoms with Crippen LogP contribution in [0.2, 0.25) is 0 Å². The van der Waals surface area contributed by atoms with Crippen LogP contribution in [0.1, 0.15) is 66.6 Å². The standard InChI is InChI=1S/C28H37NO8/c1-5-8-19-22(13-10-18-11-15-24(36-25(18)19)37-28(31)32)34-16-7-17-35-23-14-12-21(27(30)29-3)26(33-4)20(23)9-6-2/h10,12-14,24H,5-9,11,15-17H2,1-4H3,(H,29,30)(H,31,32). The van der Waals surface area contributed by atoms with E-state index in [1.807, 2.05) is 18.2 Å². The second kappa shape index (κ2) is 13.6. The average Bonchev–Trinajstić information content (AvgIpc) is 2.89. The number of carboxylic acid groups (broad SMARTS) is 1. The molecule has 3 rings (SSSR count). The van der Waals surface area contributed by atoms with E-state index in [1.165, 1.54) is 0 Å². The number of ether oxygens (including phenoxy) is 5. The largest absolute Gasteiger partial charge is 0.508 e. The first-order valence-corrected chi connectivity index (χ1v) is 12.8. The van der Waals surface area contributed by atoms with E-state index in [9.17, 15) is 9.59 Å². The fraction of sp³-hybridized carbons (Fsp3) is 0.500. The van der Waals surface area contributed by atoms with Gasteiger partial charge in [0.1, 0.15) is 23.0 Å². The van der Waals surface area contributed by atoms with Gasteiger partial charge in [0.15, 0.2) is 0 Å². The predicted octanol–water partition coefficient (Wildman–Crippen LogP) is 5.15. The van der Waals surface area contributed by atoms with Crippen LogP contribution in [0.3, 0.4) is 0 Å². The van der Waals surface area contributed by atoms with E-state index >= 15 is 0 Å². The lowest BCUT2D eigenvalue weighted by atomic mass is 9.98. The number of hydrogen-bond acceptors (Lipinski definition) is 7. The Kier molecular flexibility index (Phi) is 10.3. The molecule has 9 nitrogen and oxygen atoms in total. The van der Waals surface area contributed by atoms with E-state index in [2.05, 4.69) is 19.2 Å². The third-order valence-electron chi connectivity index (χ3n) is 6.13. The Balaban J connectivity index is 1.65. The monoisotopic (exact) mass is 515 g/mol. The summed E-state index contributed by atoms with van der Waals surface area (Å²) >= 11 is 0. The van der Waals surface area contributed by atoms with Crippen molar-refractivity contribution in [3.8, 4) is 23.0 Å². The van der Waals surface area contributed by atoms with Crippen molar-refractivity contribution in [3.05, 3.63) is 46.5 Å². The highest BCUT2D eigenvalue weighted by molar-refractivity contribution is 5.97. The number of methoxy groups -OCH3 is 1. The van der Waals surface area contributed by atoms with E-state index in [0.29, 0.717) is 55.3 Å². The molecule has 1 heterocycles. The molecule has 9 heteroatoms. The lowest BCUT2D eigenvalue weighted by molar-refractivity contribution is -0.0640. The Morgan fingerprint density at radius 1 is 1.03 bits per heavy atom. The van der Waals surface area contributed by atoms with Gasteiger partial charge >= 0.3 is 6.16 Å². The number of fused-ring (bicyclic) bond motifs is 1. The van der Waals surface area contributed by atoms with Crippen molar-refractivity contribution >= 4 is 12.1 Å². The van der Waals surface area contributed by atoms with Gasteiger partial charge in [-0.05, 0) is 43.0 Å². The molecule has 1 amide bonds. The quantitative estimate of drug-likeness (QED) is 0.278. The van der Waals surface area contributed by atoms with Crippen LogP contribution in [0, 0.1) is 0 Å². The van der Waals surface area contributed by atoms with E-state index in [0.717, 1.165) is 48.1 Å². The second-order valence-corrected chi connectivity index (χ2v) is 8.75. The molecule has 0 spiro atoms. The van der Waals surface area contributed by atoms with Crippen molar-refractivity contribution in [2.45, 2.75) is 65.1 Å². The first-order chi connectivity index (χ1) is 17.9. The first-order valence-electron chi connectivity index (χ1n) is 12.8. The lowest BCUT2D eigenvalue weighted by Crippen LogP contribution is -2.28. The average molecular weight is 516 g/mol. The molecule has 1 unspecified atom stereocenters. The van der Waals surface area contributed by atoms with Crippen molar-refractivity contribution in [1.29, 1.82) is 0 Å². The highest BCUT2D eigenvalue weighted by Gasteiger charge is 2.27. The Hall–Kier alpha value is -3.62. The van der Waals surface area contributed by atoms with Gasteiger partial charge in [-0.2, -0.15) is 0 Å². The summed E-state index contributed by atoms with van der Waals surface area (Å²) in [5, 5.41) is 11.6. The minimum atomic E-state index is -1.35. The molecule has 2 N–H and O–H groups in total. The number of nitrogens with one attached hydrogen (secondary N) is 1. The van der Waals surface area contributed by atoms with Crippen molar-refractivity contribution < 1.29 is 38.4 Å². The number of amides is 1. The molecule has 2 aromatic carbocycles. The van der Waals surface area contributed by atoms with Gasteiger partial charge in [-0.3, -0.25) is 4.79 Å². The van der Waals surface area contributed by atoms with Crippen LogP contribution in [-0.2, 0) is 24.0 Å². The van der Waals surface area contributed by atoms with Gasteiger partial charge in [0, 0.05) is 31.0 Å². The smallest absolute Gasteiger partial charge is 0.495 e. The molecule has 0 bridgehead atoms. The zero-order valence-corrected chi connectivity index (χ0v) is 22.1. The first kappa shape index (κ1) is 28.0. The van der Waals surface area contributed by atoms with Crippen LogP contribution < -0.4 is 24.3 Å². The number of rotatable bonds is 13. The predicted molar refractivity (Wildman–Crippen MR) is 138 cm³/mol. The minimum Gasteiger partial charge on any atom is -0.495 e. The van der Waals surface area contributed by atoms with Crippen LogP contribution in [0.4, 0.5) is 4.79 Å². The molecule has 0 fully saturated rings. The molecule has 1 aliphatic heterocycles. The molecule has 1 atom stereocenters. The van der Waals surface area contributed by atoms with Gasteiger partial charge in [-0.1, -0.05) is 32.8 Å². The molecule has 2 aromatic rings. The Morgan fingerprint density at radius 3 is 2.30 bits per heavy atom. The SMILES string of the molecule is CCCc1c(OCCCOc2ccc(C(=O)NC)c(OC)c2CCC)ccc2c1OC(OC(=O)O)CC2. The summed E-state index contributed by atoms with van der Waals surface area (Å²) in [5.74, 6) is 2.43. The highest BCUT2D eigenvalue weighted by atomic mass is 16.8. The maximum atomic E-state index is 12.2. The number of hydrogen-bond donors (Lipinski definition) is 2. The Labute approximate surface area is 218 Å². The van der Waals surface area contributed by atoms with E-state index in [4.69, 9.17) is 28.8 Å². The lowest BCUT2D eigenvalue weighted by Gasteiger charge is -2.27. The summed E-state index contributed by atoms with van der Waals surface area (Å²) in [5.41, 5.74) is 3.32. The van der Waals surface area contributed by atoms with Crippen LogP contribution in [0.25, 0.3) is 0 Å². The fourth-order valence-corrected chi connectivity index (χ4v) is 4.48. The van der Waals surface area contributed by atoms with Crippen molar-refractivity contribution in [2.24, 2.45) is 0 Å². The molecule has 0 aliphatic carbocycles. The van der Waals surface area contributed by atoms with Crippen LogP contribution >= 0.6 is 0 Å².